The number of carboxylic acid groups (broad SMARTS) is 1. The molecule has 0 saturated carbocycles. The summed E-state index contributed by atoms with van der Waals surface area (Å²) in [5.41, 5.74) is 0.789. The molecule has 0 amide bonds. The summed E-state index contributed by atoms with van der Waals surface area (Å²) < 4.78 is 0. The normalized spacial score (nSPS) is 14.2. The van der Waals surface area contributed by atoms with E-state index in [0.29, 0.717) is 6.29 Å². The molecule has 0 fully saturated rings. The van der Waals surface area contributed by atoms with Crippen LogP contribution in [0.1, 0.15) is 32.4 Å². The lowest BCUT2D eigenvalue weighted by Gasteiger charge is -2.33. The fourth-order valence-electron chi connectivity index (χ4n) is 2.50. The molecule has 0 aliphatic rings. The van der Waals surface area contributed by atoms with Crippen molar-refractivity contribution in [1.82, 2.24) is 5.32 Å². The van der Waals surface area contributed by atoms with Gasteiger partial charge in [-0.3, -0.25) is 10.1 Å². The van der Waals surface area contributed by atoms with Crippen molar-refractivity contribution < 1.29 is 9.90 Å². The molecule has 2 aromatic carbocycles. The Kier molecular flexibility index (Phi) is 5.92. The van der Waals surface area contributed by atoms with Crippen LogP contribution >= 0.6 is 7.92 Å². The van der Waals surface area contributed by atoms with Crippen LogP contribution in [0.25, 0.3) is 0 Å². The van der Waals surface area contributed by atoms with Gasteiger partial charge in [-0.25, -0.2) is 0 Å². The van der Waals surface area contributed by atoms with Crippen LogP contribution in [0, 0.1) is 0 Å². The molecule has 0 bridgehead atoms. The van der Waals surface area contributed by atoms with E-state index in [9.17, 15) is 9.90 Å². The number of hydrogen-bond donors (Lipinski definition) is 2. The first-order chi connectivity index (χ1) is 10.9. The van der Waals surface area contributed by atoms with Gasteiger partial charge in [0.2, 0.25) is 0 Å². The van der Waals surface area contributed by atoms with Crippen molar-refractivity contribution in [2.45, 2.75) is 32.0 Å². The van der Waals surface area contributed by atoms with Gasteiger partial charge in [-0.15, -0.1) is 0 Å². The summed E-state index contributed by atoms with van der Waals surface area (Å²) in [5, 5.41) is 14.2. The number of carboxylic acids is 1. The lowest BCUT2D eigenvalue weighted by Crippen LogP contribution is -2.33. The van der Waals surface area contributed by atoms with E-state index in [1.165, 1.54) is 5.30 Å². The van der Waals surface area contributed by atoms with Crippen molar-refractivity contribution in [2.75, 3.05) is 6.29 Å². The van der Waals surface area contributed by atoms with E-state index in [2.05, 4.69) is 38.2 Å². The lowest BCUT2D eigenvalue weighted by molar-refractivity contribution is -0.139. The molecule has 2 rings (SSSR count). The first-order valence-electron chi connectivity index (χ1n) is 7.73. The summed E-state index contributed by atoms with van der Waals surface area (Å²) in [4.78, 5) is 11.6. The first kappa shape index (κ1) is 17.7. The number of aliphatic carboxylic acids is 1. The minimum Gasteiger partial charge on any atom is -0.480 e. The highest BCUT2D eigenvalue weighted by Crippen LogP contribution is 2.47. The fourth-order valence-corrected chi connectivity index (χ4v) is 4.83. The van der Waals surface area contributed by atoms with E-state index in [1.54, 1.807) is 0 Å². The average Bonchev–Trinajstić information content (AvgIpc) is 2.51. The van der Waals surface area contributed by atoms with Crippen molar-refractivity contribution in [3.8, 4) is 0 Å². The summed E-state index contributed by atoms with van der Waals surface area (Å²) in [6, 6.07) is 19.0. The maximum Gasteiger partial charge on any atom is 0.325 e. The molecule has 3 nitrogen and oxygen atoms in total. The Morgan fingerprint density at radius 1 is 1.04 bits per heavy atom. The topological polar surface area (TPSA) is 49.3 Å². The van der Waals surface area contributed by atoms with Crippen LogP contribution in [-0.4, -0.2) is 22.5 Å². The molecule has 0 heterocycles. The molecule has 0 aliphatic carbocycles. The predicted octanol–water partition coefficient (Wildman–Crippen LogP) is 3.97. The van der Waals surface area contributed by atoms with E-state index in [-0.39, 0.29) is 5.16 Å². The van der Waals surface area contributed by atoms with Crippen LogP contribution in [0.2, 0.25) is 0 Å². The second-order valence-corrected chi connectivity index (χ2v) is 9.51. The molecule has 2 N–H and O–H groups in total. The zero-order valence-electron chi connectivity index (χ0n) is 13.9. The maximum absolute atomic E-state index is 11.6. The van der Waals surface area contributed by atoms with Crippen molar-refractivity contribution in [3.63, 3.8) is 0 Å². The van der Waals surface area contributed by atoms with Gasteiger partial charge in [0.15, 0.2) is 0 Å². The van der Waals surface area contributed by atoms with Gasteiger partial charge in [-0.1, -0.05) is 89.4 Å². The van der Waals surface area contributed by atoms with Gasteiger partial charge >= 0.3 is 5.97 Å². The molecule has 122 valence electrons. The number of rotatable bonds is 6. The van der Waals surface area contributed by atoms with Gasteiger partial charge in [0.1, 0.15) is 6.04 Å². The Morgan fingerprint density at radius 3 is 2.04 bits per heavy atom. The van der Waals surface area contributed by atoms with Crippen molar-refractivity contribution in [1.29, 1.82) is 0 Å². The summed E-state index contributed by atoms with van der Waals surface area (Å²) in [7, 11) is -0.519. The van der Waals surface area contributed by atoms with Crippen LogP contribution < -0.4 is 10.6 Å². The predicted molar refractivity (Wildman–Crippen MR) is 97.6 cm³/mol. The molecule has 0 spiro atoms. The average molecular weight is 329 g/mol. The highest BCUT2D eigenvalue weighted by atomic mass is 31.1. The van der Waals surface area contributed by atoms with Crippen LogP contribution in [0.4, 0.5) is 0 Å². The van der Waals surface area contributed by atoms with E-state index in [1.807, 2.05) is 48.5 Å². The van der Waals surface area contributed by atoms with Crippen LogP contribution in [0.3, 0.4) is 0 Å². The zero-order valence-corrected chi connectivity index (χ0v) is 14.8. The third kappa shape index (κ3) is 4.89. The zero-order chi connectivity index (χ0) is 16.9. The second-order valence-electron chi connectivity index (χ2n) is 6.48. The number of carbonyl (C=O) groups is 1. The van der Waals surface area contributed by atoms with Crippen LogP contribution in [0.15, 0.2) is 60.7 Å². The second kappa shape index (κ2) is 7.72. The molecule has 23 heavy (non-hydrogen) atoms. The van der Waals surface area contributed by atoms with Crippen molar-refractivity contribution in [2.24, 2.45) is 0 Å². The molecule has 2 unspecified atom stereocenters. The van der Waals surface area contributed by atoms with Gasteiger partial charge in [-0.2, -0.15) is 0 Å². The molecule has 0 aliphatic heterocycles. The van der Waals surface area contributed by atoms with E-state index >= 15 is 0 Å². The number of nitrogens with one attached hydrogen (secondary N) is 1. The largest absolute Gasteiger partial charge is 0.480 e. The summed E-state index contributed by atoms with van der Waals surface area (Å²) in [6.45, 7) is 6.64. The summed E-state index contributed by atoms with van der Waals surface area (Å²) >= 11 is 0. The van der Waals surface area contributed by atoms with E-state index < -0.39 is 19.9 Å². The molecular formula is C19H24NO2P. The molecule has 0 radical (unpaired) electrons. The molecule has 4 heteroatoms. The van der Waals surface area contributed by atoms with Crippen LogP contribution in [0.5, 0.6) is 0 Å². The van der Waals surface area contributed by atoms with Gasteiger partial charge in [-0.05, 0) is 16.0 Å². The molecule has 0 aromatic heterocycles. The third-order valence-corrected chi connectivity index (χ3v) is 6.75. The highest BCUT2D eigenvalue weighted by molar-refractivity contribution is 7.67. The Balaban J connectivity index is 2.18. The van der Waals surface area contributed by atoms with Crippen LogP contribution in [-0.2, 0) is 4.79 Å². The highest BCUT2D eigenvalue weighted by Gasteiger charge is 2.28. The SMILES string of the molecule is CC(C)(C)P(CNC(C(=O)O)c1ccccc1)c1ccccc1. The fraction of sp³-hybridized carbons (Fsp3) is 0.316. The lowest BCUT2D eigenvalue weighted by atomic mass is 10.1. The Labute approximate surface area is 139 Å². The van der Waals surface area contributed by atoms with Gasteiger partial charge in [0.05, 0.1) is 0 Å². The monoisotopic (exact) mass is 329 g/mol. The molecule has 0 saturated heterocycles. The Bertz CT molecular complexity index is 623. The van der Waals surface area contributed by atoms with E-state index in [4.69, 9.17) is 0 Å². The standard InChI is InChI=1S/C19H24NO2P/c1-19(2,3)23(16-12-8-5-9-13-16)14-20-17(18(21)22)15-10-6-4-7-11-15/h4-13,17,20H,14H2,1-3H3,(H,21,22). The van der Waals surface area contributed by atoms with Gasteiger partial charge in [0, 0.05) is 6.29 Å². The minimum absolute atomic E-state index is 0.101. The molecular weight excluding hydrogens is 305 g/mol. The maximum atomic E-state index is 11.6. The third-order valence-electron chi connectivity index (χ3n) is 3.71. The quantitative estimate of drug-likeness (QED) is 0.789. The van der Waals surface area contributed by atoms with E-state index in [0.717, 1.165) is 5.56 Å². The first-order valence-corrected chi connectivity index (χ1v) is 9.26. The van der Waals surface area contributed by atoms with Crippen molar-refractivity contribution in [3.05, 3.63) is 66.2 Å². The number of hydrogen-bond acceptors (Lipinski definition) is 2. The Morgan fingerprint density at radius 2 is 1.57 bits per heavy atom. The van der Waals surface area contributed by atoms with Gasteiger partial charge < -0.3 is 5.11 Å². The molecule has 2 aromatic rings. The Hall–Kier alpha value is -1.70. The number of benzene rings is 2. The molecule has 2 atom stereocenters. The smallest absolute Gasteiger partial charge is 0.325 e. The van der Waals surface area contributed by atoms with Gasteiger partial charge in [0.25, 0.3) is 0 Å². The minimum atomic E-state index is -0.840. The van der Waals surface area contributed by atoms with Crippen molar-refractivity contribution >= 4 is 19.2 Å². The summed E-state index contributed by atoms with van der Waals surface area (Å²) in [6.07, 6.45) is 0.675. The summed E-state index contributed by atoms with van der Waals surface area (Å²) in [5.74, 6) is -0.840.